The van der Waals surface area contributed by atoms with Gasteiger partial charge in [-0.05, 0) is 32.1 Å². The second-order valence-corrected chi connectivity index (χ2v) is 3.52. The zero-order valence-electron chi connectivity index (χ0n) is 6.96. The van der Waals surface area contributed by atoms with Crippen molar-refractivity contribution in [2.24, 2.45) is 0 Å². The van der Waals surface area contributed by atoms with Crippen LogP contribution in [-0.2, 0) is 4.74 Å². The van der Waals surface area contributed by atoms with Crippen molar-refractivity contribution in [3.63, 3.8) is 0 Å². The van der Waals surface area contributed by atoms with Crippen molar-refractivity contribution in [2.45, 2.75) is 44.2 Å². The molecule has 2 atom stereocenters. The zero-order valence-corrected chi connectivity index (χ0v) is 6.96. The Bertz CT molecular complexity index is 115. The maximum atomic E-state index is 5.67. The highest BCUT2D eigenvalue weighted by Crippen LogP contribution is 2.21. The summed E-state index contributed by atoms with van der Waals surface area (Å²) in [5.41, 5.74) is 0. The number of nitrogens with zero attached hydrogens (tertiary/aromatic N) is 1. The summed E-state index contributed by atoms with van der Waals surface area (Å²) in [7, 11) is 0. The van der Waals surface area contributed by atoms with Crippen molar-refractivity contribution in [3.05, 3.63) is 0 Å². The van der Waals surface area contributed by atoms with E-state index in [1.54, 1.807) is 0 Å². The van der Waals surface area contributed by atoms with Gasteiger partial charge in [-0.15, -0.1) is 0 Å². The fourth-order valence-electron chi connectivity index (χ4n) is 2.02. The minimum absolute atomic E-state index is 0.478. The minimum Gasteiger partial charge on any atom is -0.377 e. The molecule has 2 aliphatic rings. The molecule has 0 saturated carbocycles. The predicted molar refractivity (Wildman–Crippen MR) is 43.6 cm³/mol. The number of hydrogen-bond acceptors (Lipinski definition) is 1. The maximum absolute atomic E-state index is 5.67. The second-order valence-electron chi connectivity index (χ2n) is 3.52. The molecular weight excluding hydrogens is 138 g/mol. The number of ether oxygens (including phenoxy) is 1. The van der Waals surface area contributed by atoms with Crippen molar-refractivity contribution in [1.29, 1.82) is 0 Å². The van der Waals surface area contributed by atoms with Crippen molar-refractivity contribution >= 4 is 0 Å². The van der Waals surface area contributed by atoms with E-state index in [1.807, 2.05) is 0 Å². The molecule has 0 N–H and O–H groups in total. The van der Waals surface area contributed by atoms with Crippen LogP contribution in [0.25, 0.3) is 0 Å². The summed E-state index contributed by atoms with van der Waals surface area (Å²) in [6.07, 6.45) is 6.87. The molecule has 0 bridgehead atoms. The van der Waals surface area contributed by atoms with Crippen molar-refractivity contribution in [1.82, 2.24) is 5.32 Å². The first-order chi connectivity index (χ1) is 5.47. The van der Waals surface area contributed by atoms with Crippen molar-refractivity contribution < 1.29 is 4.74 Å². The van der Waals surface area contributed by atoms with Crippen LogP contribution in [0.4, 0.5) is 0 Å². The van der Waals surface area contributed by atoms with Crippen molar-refractivity contribution in [2.75, 3.05) is 13.2 Å². The first-order valence-corrected chi connectivity index (χ1v) is 4.75. The Morgan fingerprint density at radius 1 is 1.09 bits per heavy atom. The van der Waals surface area contributed by atoms with Crippen LogP contribution < -0.4 is 5.32 Å². The SMILES string of the molecule is C1CCC(C2CCC[N]2)OC1. The minimum atomic E-state index is 0.478. The second kappa shape index (κ2) is 3.55. The molecule has 1 radical (unpaired) electrons. The van der Waals surface area contributed by atoms with E-state index < -0.39 is 0 Å². The molecule has 0 aromatic rings. The van der Waals surface area contributed by atoms with Crippen LogP contribution in [-0.4, -0.2) is 25.3 Å². The van der Waals surface area contributed by atoms with Gasteiger partial charge in [-0.3, -0.25) is 0 Å². The van der Waals surface area contributed by atoms with E-state index >= 15 is 0 Å². The van der Waals surface area contributed by atoms with Crippen LogP contribution in [0.2, 0.25) is 0 Å². The fourth-order valence-corrected chi connectivity index (χ4v) is 2.02. The Morgan fingerprint density at radius 3 is 2.73 bits per heavy atom. The largest absolute Gasteiger partial charge is 0.377 e. The van der Waals surface area contributed by atoms with Crippen LogP contribution in [0.1, 0.15) is 32.1 Å². The topological polar surface area (TPSA) is 23.3 Å². The molecule has 0 amide bonds. The molecule has 2 heteroatoms. The fraction of sp³-hybridized carbons (Fsp3) is 1.00. The van der Waals surface area contributed by atoms with Gasteiger partial charge in [0.05, 0.1) is 12.1 Å². The molecule has 0 spiro atoms. The third-order valence-corrected chi connectivity index (χ3v) is 2.67. The highest BCUT2D eigenvalue weighted by atomic mass is 16.5. The quantitative estimate of drug-likeness (QED) is 0.558. The summed E-state index contributed by atoms with van der Waals surface area (Å²) in [6, 6.07) is 0.551. The van der Waals surface area contributed by atoms with Gasteiger partial charge in [0.15, 0.2) is 0 Å². The van der Waals surface area contributed by atoms with Gasteiger partial charge in [-0.2, -0.15) is 0 Å². The summed E-state index contributed by atoms with van der Waals surface area (Å²) >= 11 is 0. The average Bonchev–Trinajstić information content (AvgIpc) is 2.58. The van der Waals surface area contributed by atoms with Crippen LogP contribution in [0.15, 0.2) is 0 Å². The number of rotatable bonds is 1. The molecule has 2 unspecified atom stereocenters. The lowest BCUT2D eigenvalue weighted by atomic mass is 10.0. The Balaban J connectivity index is 1.82. The molecule has 0 aromatic carbocycles. The average molecular weight is 154 g/mol. The van der Waals surface area contributed by atoms with Crippen LogP contribution in [0.3, 0.4) is 0 Å². The van der Waals surface area contributed by atoms with Gasteiger partial charge >= 0.3 is 0 Å². The van der Waals surface area contributed by atoms with E-state index in [1.165, 1.54) is 32.1 Å². The normalized spacial score (nSPS) is 39.3. The summed E-state index contributed by atoms with van der Waals surface area (Å²) < 4.78 is 5.67. The summed E-state index contributed by atoms with van der Waals surface area (Å²) in [5, 5.41) is 4.53. The predicted octanol–water partition coefficient (Wildman–Crippen LogP) is 1.32. The Morgan fingerprint density at radius 2 is 2.09 bits per heavy atom. The number of hydrogen-bond donors (Lipinski definition) is 0. The standard InChI is InChI=1S/C9H16NO/c1-2-7-11-9(5-1)8-4-3-6-10-8/h8-9H,1-7H2. The Kier molecular flexibility index (Phi) is 2.44. The van der Waals surface area contributed by atoms with E-state index in [4.69, 9.17) is 4.74 Å². The third-order valence-electron chi connectivity index (χ3n) is 2.67. The summed E-state index contributed by atoms with van der Waals surface area (Å²) in [5.74, 6) is 0. The monoisotopic (exact) mass is 154 g/mol. The third kappa shape index (κ3) is 1.74. The van der Waals surface area contributed by atoms with Gasteiger partial charge in [0, 0.05) is 13.2 Å². The van der Waals surface area contributed by atoms with E-state index in [0.717, 1.165) is 13.2 Å². The van der Waals surface area contributed by atoms with Crippen LogP contribution in [0, 0.1) is 0 Å². The highest BCUT2D eigenvalue weighted by Gasteiger charge is 2.27. The van der Waals surface area contributed by atoms with Gasteiger partial charge in [0.25, 0.3) is 0 Å². The molecule has 11 heavy (non-hydrogen) atoms. The van der Waals surface area contributed by atoms with E-state index in [0.29, 0.717) is 12.1 Å². The van der Waals surface area contributed by atoms with E-state index in [9.17, 15) is 0 Å². The maximum Gasteiger partial charge on any atom is 0.0744 e. The smallest absolute Gasteiger partial charge is 0.0744 e. The lowest BCUT2D eigenvalue weighted by molar-refractivity contribution is -0.00417. The summed E-state index contributed by atoms with van der Waals surface area (Å²) in [6.45, 7) is 2.04. The summed E-state index contributed by atoms with van der Waals surface area (Å²) in [4.78, 5) is 0. The molecule has 2 nitrogen and oxygen atoms in total. The van der Waals surface area contributed by atoms with Crippen LogP contribution in [0.5, 0.6) is 0 Å². The first kappa shape index (κ1) is 7.56. The molecule has 2 aliphatic heterocycles. The first-order valence-electron chi connectivity index (χ1n) is 4.75. The lowest BCUT2D eigenvalue weighted by Crippen LogP contribution is -2.35. The molecule has 2 rings (SSSR count). The van der Waals surface area contributed by atoms with Gasteiger partial charge in [0.1, 0.15) is 0 Å². The van der Waals surface area contributed by atoms with E-state index in [2.05, 4.69) is 5.32 Å². The molecular formula is C9H16NO. The molecule has 2 fully saturated rings. The molecule has 2 saturated heterocycles. The Hall–Kier alpha value is -0.0800. The zero-order chi connectivity index (χ0) is 7.52. The highest BCUT2D eigenvalue weighted by molar-refractivity contribution is 4.83. The van der Waals surface area contributed by atoms with Gasteiger partial charge in [0.2, 0.25) is 0 Å². The molecule has 2 heterocycles. The van der Waals surface area contributed by atoms with Gasteiger partial charge < -0.3 is 4.74 Å². The molecule has 63 valence electrons. The lowest BCUT2D eigenvalue weighted by Gasteiger charge is -2.26. The molecule has 0 aliphatic carbocycles. The molecule has 0 aromatic heterocycles. The van der Waals surface area contributed by atoms with E-state index in [-0.39, 0.29) is 0 Å². The Labute approximate surface area is 68.3 Å². The van der Waals surface area contributed by atoms with Crippen molar-refractivity contribution in [3.8, 4) is 0 Å². The van der Waals surface area contributed by atoms with Gasteiger partial charge in [-0.25, -0.2) is 5.32 Å². The van der Waals surface area contributed by atoms with Crippen LogP contribution >= 0.6 is 0 Å². The van der Waals surface area contributed by atoms with Gasteiger partial charge in [-0.1, -0.05) is 0 Å².